The first kappa shape index (κ1) is 10.0. The highest BCUT2D eigenvalue weighted by Gasteiger charge is 2.32. The van der Waals surface area contributed by atoms with Gasteiger partial charge in [-0.3, -0.25) is 9.59 Å². The molecule has 4 N–H and O–H groups in total. The lowest BCUT2D eigenvalue weighted by molar-refractivity contribution is 0.0934. The molecular weight excluding hydrogens is 216 g/mol. The molecule has 0 aliphatic heterocycles. The normalized spacial score (nSPS) is 14.6. The molecule has 0 radical (unpaired) electrons. The van der Waals surface area contributed by atoms with Crippen LogP contribution < -0.4 is 0 Å². The average molecular weight is 222 g/mol. The third kappa shape index (κ3) is 1.13. The molecule has 6 heteroatoms. The number of ketones is 2. The topological polar surface area (TPSA) is 115 Å². The van der Waals surface area contributed by atoms with Crippen LogP contribution in [0.25, 0.3) is 0 Å². The minimum absolute atomic E-state index is 0.514. The van der Waals surface area contributed by atoms with Gasteiger partial charge in [-0.15, -0.1) is 0 Å². The summed E-state index contributed by atoms with van der Waals surface area (Å²) in [5.74, 6) is -4.86. The zero-order valence-electron chi connectivity index (χ0n) is 7.76. The van der Waals surface area contributed by atoms with E-state index in [1.165, 1.54) is 0 Å². The van der Waals surface area contributed by atoms with Gasteiger partial charge in [0.05, 0.1) is 11.1 Å². The molecule has 0 unspecified atom stereocenters. The van der Waals surface area contributed by atoms with Gasteiger partial charge in [0, 0.05) is 12.1 Å². The van der Waals surface area contributed by atoms with Crippen LogP contribution in [-0.2, 0) is 0 Å². The highest BCUT2D eigenvalue weighted by Crippen LogP contribution is 2.40. The highest BCUT2D eigenvalue weighted by atomic mass is 16.3. The summed E-state index contributed by atoms with van der Waals surface area (Å²) >= 11 is 0. The summed E-state index contributed by atoms with van der Waals surface area (Å²) in [7, 11) is 0. The van der Waals surface area contributed by atoms with Crippen molar-refractivity contribution < 1.29 is 30.0 Å². The van der Waals surface area contributed by atoms with Gasteiger partial charge in [-0.2, -0.15) is 0 Å². The summed E-state index contributed by atoms with van der Waals surface area (Å²) in [5, 5.41) is 37.1. The first-order valence-corrected chi connectivity index (χ1v) is 4.21. The second-order valence-corrected chi connectivity index (χ2v) is 3.24. The minimum Gasteiger partial charge on any atom is -0.507 e. The lowest BCUT2D eigenvalue weighted by Gasteiger charge is -2.14. The third-order valence-corrected chi connectivity index (χ3v) is 2.23. The van der Waals surface area contributed by atoms with Gasteiger partial charge < -0.3 is 20.4 Å². The second-order valence-electron chi connectivity index (χ2n) is 3.24. The molecule has 0 atom stereocenters. The van der Waals surface area contributed by atoms with E-state index in [-0.39, 0.29) is 0 Å². The van der Waals surface area contributed by atoms with Crippen LogP contribution in [0.15, 0.2) is 17.9 Å². The number of benzene rings is 1. The van der Waals surface area contributed by atoms with Crippen molar-refractivity contribution in [2.24, 2.45) is 0 Å². The second kappa shape index (κ2) is 2.99. The number of rotatable bonds is 0. The van der Waals surface area contributed by atoms with Gasteiger partial charge in [0.2, 0.25) is 5.78 Å². The van der Waals surface area contributed by atoms with Crippen LogP contribution in [0.3, 0.4) is 0 Å². The summed E-state index contributed by atoms with van der Waals surface area (Å²) < 4.78 is 0. The van der Waals surface area contributed by atoms with Gasteiger partial charge in [-0.1, -0.05) is 0 Å². The number of Topliss-reactive ketones (excluding diaryl/α,β-unsaturated/α-hetero) is 1. The molecule has 2 rings (SSSR count). The number of phenolic OH excluding ortho intramolecular Hbond substituents is 3. The van der Waals surface area contributed by atoms with E-state index in [2.05, 4.69) is 0 Å². The van der Waals surface area contributed by atoms with E-state index in [1.54, 1.807) is 0 Å². The molecule has 0 bridgehead atoms. The van der Waals surface area contributed by atoms with Crippen molar-refractivity contribution in [2.75, 3.05) is 0 Å². The third-order valence-electron chi connectivity index (χ3n) is 2.23. The van der Waals surface area contributed by atoms with E-state index in [4.69, 9.17) is 10.2 Å². The molecule has 0 spiro atoms. The molecule has 1 aliphatic rings. The van der Waals surface area contributed by atoms with Crippen molar-refractivity contribution in [3.05, 3.63) is 29.0 Å². The maximum atomic E-state index is 11.4. The molecule has 0 aromatic heterocycles. The van der Waals surface area contributed by atoms with Crippen LogP contribution in [0, 0.1) is 0 Å². The minimum atomic E-state index is -0.984. The Morgan fingerprint density at radius 3 is 2.12 bits per heavy atom. The van der Waals surface area contributed by atoms with Gasteiger partial charge in [0.1, 0.15) is 5.75 Å². The Bertz CT molecular complexity index is 555. The van der Waals surface area contributed by atoms with Crippen molar-refractivity contribution >= 4 is 11.6 Å². The van der Waals surface area contributed by atoms with Crippen molar-refractivity contribution in [1.82, 2.24) is 0 Å². The lowest BCUT2D eigenvalue weighted by Crippen LogP contribution is -2.17. The highest BCUT2D eigenvalue weighted by molar-refractivity contribution is 6.26. The Balaban J connectivity index is 2.87. The van der Waals surface area contributed by atoms with Gasteiger partial charge in [0.25, 0.3) is 0 Å². The fraction of sp³-hybridized carbons (Fsp3) is 0. The zero-order valence-corrected chi connectivity index (χ0v) is 7.76. The number of hydrogen-bond acceptors (Lipinski definition) is 6. The molecule has 1 aromatic rings. The van der Waals surface area contributed by atoms with E-state index in [1.807, 2.05) is 0 Å². The largest absolute Gasteiger partial charge is 0.507 e. The SMILES string of the molecule is O=C1C(O)=CC(=O)c2c(O)c(O)cc(O)c21. The summed E-state index contributed by atoms with van der Waals surface area (Å²) in [6, 6.07) is 0.720. The number of phenols is 3. The van der Waals surface area contributed by atoms with E-state index in [0.717, 1.165) is 6.07 Å². The number of aliphatic hydroxyl groups excluding tert-OH is 1. The molecule has 1 aromatic carbocycles. The quantitative estimate of drug-likeness (QED) is 0.378. The summed E-state index contributed by atoms with van der Waals surface area (Å²) in [5.41, 5.74) is -1.03. The maximum absolute atomic E-state index is 11.4. The fourth-order valence-electron chi connectivity index (χ4n) is 1.50. The Morgan fingerprint density at radius 2 is 1.50 bits per heavy atom. The van der Waals surface area contributed by atoms with Crippen LogP contribution in [0.5, 0.6) is 17.2 Å². The molecule has 0 amide bonds. The maximum Gasteiger partial charge on any atom is 0.232 e. The Kier molecular flexibility index (Phi) is 1.88. The van der Waals surface area contributed by atoms with Crippen LogP contribution >= 0.6 is 0 Å². The number of carbonyl (C=O) groups is 2. The number of allylic oxidation sites excluding steroid dienone is 2. The van der Waals surface area contributed by atoms with Gasteiger partial charge in [0.15, 0.2) is 23.0 Å². The van der Waals surface area contributed by atoms with Crippen LogP contribution in [-0.4, -0.2) is 32.0 Å². The van der Waals surface area contributed by atoms with E-state index >= 15 is 0 Å². The van der Waals surface area contributed by atoms with E-state index in [9.17, 15) is 19.8 Å². The van der Waals surface area contributed by atoms with Crippen molar-refractivity contribution in [3.8, 4) is 17.2 Å². The number of aromatic hydroxyl groups is 3. The summed E-state index contributed by atoms with van der Waals surface area (Å²) in [4.78, 5) is 22.8. The number of hydrogen-bond donors (Lipinski definition) is 4. The van der Waals surface area contributed by atoms with Crippen molar-refractivity contribution in [2.45, 2.75) is 0 Å². The summed E-state index contributed by atoms with van der Waals surface area (Å²) in [6.45, 7) is 0. The van der Waals surface area contributed by atoms with Crippen LogP contribution in [0.1, 0.15) is 20.7 Å². The molecular formula is C10H6O6. The predicted octanol–water partition coefficient (Wildman–Crippen LogP) is 0.624. The number of aliphatic hydroxyl groups is 1. The Morgan fingerprint density at radius 1 is 0.875 bits per heavy atom. The summed E-state index contributed by atoms with van der Waals surface area (Å²) in [6.07, 6.45) is 0.614. The molecule has 0 saturated carbocycles. The van der Waals surface area contributed by atoms with Crippen LogP contribution in [0.4, 0.5) is 0 Å². The number of fused-ring (bicyclic) bond motifs is 1. The van der Waals surface area contributed by atoms with Gasteiger partial charge in [-0.25, -0.2) is 0 Å². The van der Waals surface area contributed by atoms with Gasteiger partial charge in [-0.05, 0) is 0 Å². The molecule has 6 nitrogen and oxygen atoms in total. The average Bonchev–Trinajstić information content (AvgIpc) is 2.20. The molecule has 0 saturated heterocycles. The van der Waals surface area contributed by atoms with Crippen molar-refractivity contribution in [3.63, 3.8) is 0 Å². The predicted molar refractivity (Wildman–Crippen MR) is 50.8 cm³/mol. The Labute approximate surface area is 88.7 Å². The van der Waals surface area contributed by atoms with E-state index < -0.39 is 45.7 Å². The number of carbonyl (C=O) groups excluding carboxylic acids is 2. The fourth-order valence-corrected chi connectivity index (χ4v) is 1.50. The van der Waals surface area contributed by atoms with Crippen LogP contribution in [0.2, 0.25) is 0 Å². The lowest BCUT2D eigenvalue weighted by atomic mass is 9.91. The van der Waals surface area contributed by atoms with E-state index in [0.29, 0.717) is 6.08 Å². The first-order chi connectivity index (χ1) is 7.43. The monoisotopic (exact) mass is 222 g/mol. The van der Waals surface area contributed by atoms with Gasteiger partial charge >= 0.3 is 0 Å². The molecule has 1 aliphatic carbocycles. The van der Waals surface area contributed by atoms with Crippen molar-refractivity contribution in [1.29, 1.82) is 0 Å². The standard InChI is InChI=1S/C10H6O6/c11-3-1-5(13)9(15)8-4(12)2-6(14)10(16)7(3)8/h1-2,11,13-15H. The first-order valence-electron chi connectivity index (χ1n) is 4.21. The molecule has 16 heavy (non-hydrogen) atoms. The molecule has 0 heterocycles. The Hall–Kier alpha value is -2.50. The zero-order chi connectivity index (χ0) is 12.0. The molecule has 82 valence electrons. The smallest absolute Gasteiger partial charge is 0.232 e. The molecule has 0 fully saturated rings.